The Hall–Kier alpha value is -4.60. The second-order valence-electron chi connectivity index (χ2n) is 8.30. The lowest BCUT2D eigenvalue weighted by atomic mass is 10.0. The van der Waals surface area contributed by atoms with Crippen molar-refractivity contribution in [1.82, 2.24) is 10.6 Å². The Kier molecular flexibility index (Phi) is 9.42. The number of carboxylic acid groups (broad SMARTS) is 1. The molecule has 5 N–H and O–H groups in total. The van der Waals surface area contributed by atoms with Crippen LogP contribution in [0.4, 0.5) is 14.9 Å². The standard InChI is InChI=1S/C27H28FN3O6/c1-36-22-12-6-19(7-13-22)16-37-27(35)31-23(14-18-4-10-21(29)11-5-18)25(32)30-24(26(33)34)15-17-2-8-20(28)9-3-17/h2-13,23-24H,14-16,29H2,1H3,(H,30,32)(H,31,35)(H,33,34)/t23-,24-/m0/s1. The molecule has 0 unspecified atom stereocenters. The molecule has 0 fully saturated rings. The van der Waals surface area contributed by atoms with E-state index in [1.54, 1.807) is 55.6 Å². The highest BCUT2D eigenvalue weighted by Crippen LogP contribution is 2.13. The summed E-state index contributed by atoms with van der Waals surface area (Å²) in [5, 5.41) is 14.6. The Morgan fingerprint density at radius 3 is 1.95 bits per heavy atom. The fourth-order valence-corrected chi connectivity index (χ4v) is 3.48. The van der Waals surface area contributed by atoms with Gasteiger partial charge < -0.3 is 30.9 Å². The lowest BCUT2D eigenvalue weighted by Crippen LogP contribution is -2.53. The zero-order valence-electron chi connectivity index (χ0n) is 20.1. The first-order chi connectivity index (χ1) is 17.7. The van der Waals surface area contributed by atoms with Crippen LogP contribution < -0.4 is 21.1 Å². The maximum Gasteiger partial charge on any atom is 0.408 e. The third-order valence-electron chi connectivity index (χ3n) is 5.52. The minimum Gasteiger partial charge on any atom is -0.497 e. The molecule has 0 aliphatic heterocycles. The van der Waals surface area contributed by atoms with Crippen molar-refractivity contribution >= 4 is 23.7 Å². The summed E-state index contributed by atoms with van der Waals surface area (Å²) in [7, 11) is 1.54. The highest BCUT2D eigenvalue weighted by Gasteiger charge is 2.27. The quantitative estimate of drug-likeness (QED) is 0.291. The minimum atomic E-state index is -1.30. The number of rotatable bonds is 11. The molecular formula is C27H28FN3O6. The number of carbonyl (C=O) groups is 3. The van der Waals surface area contributed by atoms with Crippen LogP contribution >= 0.6 is 0 Å². The molecule has 0 radical (unpaired) electrons. The molecule has 0 saturated carbocycles. The van der Waals surface area contributed by atoms with E-state index in [2.05, 4.69) is 10.6 Å². The van der Waals surface area contributed by atoms with Gasteiger partial charge in [-0.2, -0.15) is 0 Å². The van der Waals surface area contributed by atoms with E-state index in [1.807, 2.05) is 0 Å². The molecule has 0 aliphatic rings. The molecule has 0 spiro atoms. The van der Waals surface area contributed by atoms with Crippen molar-refractivity contribution < 1.29 is 33.4 Å². The topological polar surface area (TPSA) is 140 Å². The van der Waals surface area contributed by atoms with Crippen molar-refractivity contribution in [3.63, 3.8) is 0 Å². The van der Waals surface area contributed by atoms with Crippen molar-refractivity contribution in [1.29, 1.82) is 0 Å². The van der Waals surface area contributed by atoms with Gasteiger partial charge in [-0.25, -0.2) is 14.0 Å². The van der Waals surface area contributed by atoms with E-state index >= 15 is 0 Å². The van der Waals surface area contributed by atoms with Crippen LogP contribution in [0, 0.1) is 5.82 Å². The fraction of sp³-hybridized carbons (Fsp3) is 0.222. The van der Waals surface area contributed by atoms with Gasteiger partial charge in [-0.3, -0.25) is 4.79 Å². The molecule has 0 aliphatic carbocycles. The summed E-state index contributed by atoms with van der Waals surface area (Å²) in [5.74, 6) is -1.79. The largest absolute Gasteiger partial charge is 0.497 e. The predicted octanol–water partition coefficient (Wildman–Crippen LogP) is 3.07. The highest BCUT2D eigenvalue weighted by molar-refractivity contribution is 5.89. The van der Waals surface area contributed by atoms with Crippen molar-refractivity contribution in [3.05, 3.63) is 95.3 Å². The van der Waals surface area contributed by atoms with Crippen LogP contribution in [0.5, 0.6) is 5.75 Å². The average molecular weight is 510 g/mol. The molecule has 10 heteroatoms. The van der Waals surface area contributed by atoms with Crippen molar-refractivity contribution in [2.24, 2.45) is 0 Å². The van der Waals surface area contributed by atoms with Crippen molar-refractivity contribution in [3.8, 4) is 5.75 Å². The first-order valence-electron chi connectivity index (χ1n) is 11.4. The van der Waals surface area contributed by atoms with Gasteiger partial charge in [0.1, 0.15) is 30.3 Å². The van der Waals surface area contributed by atoms with Gasteiger partial charge in [0.05, 0.1) is 7.11 Å². The summed E-state index contributed by atoms with van der Waals surface area (Å²) >= 11 is 0. The summed E-state index contributed by atoms with van der Waals surface area (Å²) in [6, 6.07) is 16.5. The van der Waals surface area contributed by atoms with E-state index in [0.29, 0.717) is 28.1 Å². The molecule has 0 aromatic heterocycles. The summed E-state index contributed by atoms with van der Waals surface area (Å²) in [6.45, 7) is -0.0473. The molecule has 3 aromatic rings. The van der Waals surface area contributed by atoms with Gasteiger partial charge in [0, 0.05) is 18.5 Å². The number of hydrogen-bond donors (Lipinski definition) is 4. The number of nitrogen functional groups attached to an aromatic ring is 1. The fourth-order valence-electron chi connectivity index (χ4n) is 3.48. The van der Waals surface area contributed by atoms with Crippen LogP contribution in [0.2, 0.25) is 0 Å². The molecule has 37 heavy (non-hydrogen) atoms. The number of halogens is 1. The van der Waals surface area contributed by atoms with Gasteiger partial charge in [-0.1, -0.05) is 36.4 Å². The number of nitrogens with two attached hydrogens (primary N) is 1. The number of benzene rings is 3. The maximum absolute atomic E-state index is 13.2. The van der Waals surface area contributed by atoms with Gasteiger partial charge in [-0.15, -0.1) is 0 Å². The number of hydrogen-bond acceptors (Lipinski definition) is 6. The van der Waals surface area contributed by atoms with Crippen LogP contribution in [0.25, 0.3) is 0 Å². The second-order valence-corrected chi connectivity index (χ2v) is 8.30. The van der Waals surface area contributed by atoms with Crippen LogP contribution in [0.3, 0.4) is 0 Å². The van der Waals surface area contributed by atoms with Crippen LogP contribution in [-0.2, 0) is 33.8 Å². The van der Waals surface area contributed by atoms with Gasteiger partial charge in [-0.05, 0) is 53.1 Å². The molecule has 3 rings (SSSR count). The number of nitrogens with one attached hydrogen (secondary N) is 2. The number of alkyl carbamates (subject to hydrolysis) is 1. The molecular weight excluding hydrogens is 481 g/mol. The van der Waals surface area contributed by atoms with E-state index < -0.39 is 35.9 Å². The third kappa shape index (κ3) is 8.53. The van der Waals surface area contributed by atoms with Gasteiger partial charge >= 0.3 is 12.1 Å². The zero-order chi connectivity index (χ0) is 26.8. The zero-order valence-corrected chi connectivity index (χ0v) is 20.1. The lowest BCUT2D eigenvalue weighted by molar-refractivity contribution is -0.142. The Morgan fingerprint density at radius 2 is 1.38 bits per heavy atom. The van der Waals surface area contributed by atoms with E-state index in [9.17, 15) is 23.9 Å². The number of amides is 2. The summed E-state index contributed by atoms with van der Waals surface area (Å²) < 4.78 is 23.6. The maximum atomic E-state index is 13.2. The number of carbonyl (C=O) groups excluding carboxylic acids is 2. The highest BCUT2D eigenvalue weighted by atomic mass is 19.1. The molecule has 2 atom stereocenters. The molecule has 194 valence electrons. The number of anilines is 1. The molecule has 0 heterocycles. The molecule has 0 saturated heterocycles. The van der Waals surface area contributed by atoms with Gasteiger partial charge in [0.2, 0.25) is 5.91 Å². The summed E-state index contributed by atoms with van der Waals surface area (Å²) in [5.41, 5.74) is 8.18. The first-order valence-corrected chi connectivity index (χ1v) is 11.4. The van der Waals surface area contributed by atoms with Gasteiger partial charge in [0.25, 0.3) is 0 Å². The monoisotopic (exact) mass is 509 g/mol. The van der Waals surface area contributed by atoms with Crippen molar-refractivity contribution in [2.75, 3.05) is 12.8 Å². The van der Waals surface area contributed by atoms with Gasteiger partial charge in [0.15, 0.2) is 0 Å². The Balaban J connectivity index is 1.69. The van der Waals surface area contributed by atoms with E-state index in [4.69, 9.17) is 15.2 Å². The minimum absolute atomic E-state index is 0.0473. The molecule has 3 aromatic carbocycles. The average Bonchev–Trinajstić information content (AvgIpc) is 2.89. The number of aliphatic carboxylic acids is 1. The van der Waals surface area contributed by atoms with Crippen molar-refractivity contribution in [2.45, 2.75) is 31.5 Å². The second kappa shape index (κ2) is 12.9. The number of ether oxygens (including phenoxy) is 2. The first kappa shape index (κ1) is 27.0. The molecule has 2 amide bonds. The van der Waals surface area contributed by atoms with Crippen LogP contribution in [0.15, 0.2) is 72.8 Å². The normalized spacial score (nSPS) is 12.2. The van der Waals surface area contributed by atoms with E-state index in [0.717, 1.165) is 0 Å². The Bertz CT molecular complexity index is 1200. The predicted molar refractivity (Wildman–Crippen MR) is 134 cm³/mol. The Labute approximate surface area is 213 Å². The molecule has 9 nitrogen and oxygen atoms in total. The smallest absolute Gasteiger partial charge is 0.408 e. The molecule has 0 bridgehead atoms. The number of methoxy groups -OCH3 is 1. The van der Waals surface area contributed by atoms with E-state index in [1.165, 1.54) is 24.3 Å². The summed E-state index contributed by atoms with van der Waals surface area (Å²) in [4.78, 5) is 37.5. The lowest BCUT2D eigenvalue weighted by Gasteiger charge is -2.22. The van der Waals surface area contributed by atoms with E-state index in [-0.39, 0.29) is 19.4 Å². The third-order valence-corrected chi connectivity index (χ3v) is 5.52. The van der Waals surface area contributed by atoms with Crippen LogP contribution in [-0.4, -0.2) is 42.3 Å². The SMILES string of the molecule is COc1ccc(COC(=O)N[C@@H](Cc2ccc(N)cc2)C(=O)N[C@@H](Cc2ccc(F)cc2)C(=O)O)cc1. The summed E-state index contributed by atoms with van der Waals surface area (Å²) in [6.07, 6.45) is -0.860. The van der Waals surface area contributed by atoms with Crippen LogP contribution in [0.1, 0.15) is 16.7 Å². The Morgan fingerprint density at radius 1 is 0.838 bits per heavy atom. The number of carboxylic acids is 1.